The number of aliphatic carboxylic acids is 1. The third-order valence-corrected chi connectivity index (χ3v) is 6.50. The molecule has 0 radical (unpaired) electrons. The molecule has 0 aliphatic heterocycles. The van der Waals surface area contributed by atoms with Crippen LogP contribution in [0.25, 0.3) is 10.9 Å². The molecule has 0 saturated carbocycles. The summed E-state index contributed by atoms with van der Waals surface area (Å²) >= 11 is 0. The van der Waals surface area contributed by atoms with Gasteiger partial charge in [0.2, 0.25) is 17.7 Å². The first-order valence-electron chi connectivity index (χ1n) is 12.0. The molecule has 1 aromatic carbocycles. The van der Waals surface area contributed by atoms with Gasteiger partial charge < -0.3 is 31.8 Å². The van der Waals surface area contributed by atoms with Gasteiger partial charge in [0.05, 0.1) is 6.04 Å². The van der Waals surface area contributed by atoms with Crippen molar-refractivity contribution in [3.63, 3.8) is 0 Å². The third kappa shape index (κ3) is 7.54. The maximum atomic E-state index is 13.4. The molecule has 5 atom stereocenters. The van der Waals surface area contributed by atoms with Crippen LogP contribution in [-0.4, -0.2) is 58.5 Å². The fourth-order valence-electron chi connectivity index (χ4n) is 3.74. The van der Waals surface area contributed by atoms with E-state index in [1.807, 2.05) is 45.0 Å². The summed E-state index contributed by atoms with van der Waals surface area (Å²) in [6, 6.07) is 4.88. The molecule has 0 bridgehead atoms. The van der Waals surface area contributed by atoms with E-state index < -0.39 is 48.4 Å². The second kappa shape index (κ2) is 12.9. The monoisotopic (exact) mass is 487 g/mol. The molecule has 0 fully saturated rings. The fourth-order valence-corrected chi connectivity index (χ4v) is 3.74. The van der Waals surface area contributed by atoms with Crippen molar-refractivity contribution in [2.45, 2.75) is 65.1 Å². The molecule has 0 saturated heterocycles. The molecule has 10 heteroatoms. The maximum Gasteiger partial charge on any atom is 0.322 e. The lowest BCUT2D eigenvalue weighted by molar-refractivity contribution is -0.139. The van der Waals surface area contributed by atoms with Gasteiger partial charge in [-0.15, -0.1) is 0 Å². The number of para-hydroxylation sites is 1. The van der Waals surface area contributed by atoms with Crippen LogP contribution in [0.1, 0.15) is 46.1 Å². The number of nitrogens with one attached hydrogen (secondary N) is 4. The van der Waals surface area contributed by atoms with Crippen molar-refractivity contribution < 1.29 is 24.3 Å². The number of benzene rings is 1. The van der Waals surface area contributed by atoms with Crippen molar-refractivity contribution in [1.29, 1.82) is 0 Å². The van der Waals surface area contributed by atoms with E-state index in [9.17, 15) is 19.2 Å². The van der Waals surface area contributed by atoms with Gasteiger partial charge in [-0.2, -0.15) is 0 Å². The van der Waals surface area contributed by atoms with Gasteiger partial charge in [0.25, 0.3) is 0 Å². The number of carboxylic acid groups (broad SMARTS) is 1. The van der Waals surface area contributed by atoms with Crippen LogP contribution in [-0.2, 0) is 25.6 Å². The highest BCUT2D eigenvalue weighted by Gasteiger charge is 2.32. The third-order valence-electron chi connectivity index (χ3n) is 6.50. The number of hydrogen-bond donors (Lipinski definition) is 6. The average Bonchev–Trinajstić information content (AvgIpc) is 3.26. The second-order valence-corrected chi connectivity index (χ2v) is 9.02. The Balaban J connectivity index is 2.30. The van der Waals surface area contributed by atoms with E-state index in [4.69, 9.17) is 10.8 Å². The summed E-state index contributed by atoms with van der Waals surface area (Å²) in [6.45, 7) is 6.90. The molecule has 3 amide bonds. The molecular weight excluding hydrogens is 450 g/mol. The number of aromatic amines is 1. The number of H-pyrrole nitrogens is 1. The molecule has 192 valence electrons. The molecule has 0 aliphatic rings. The zero-order valence-electron chi connectivity index (χ0n) is 20.8. The summed E-state index contributed by atoms with van der Waals surface area (Å²) < 4.78 is 0. The van der Waals surface area contributed by atoms with Gasteiger partial charge in [-0.3, -0.25) is 19.2 Å². The molecule has 0 aliphatic carbocycles. The number of carbonyl (C=O) groups is 4. The lowest BCUT2D eigenvalue weighted by atomic mass is 9.96. The van der Waals surface area contributed by atoms with E-state index in [-0.39, 0.29) is 18.3 Å². The van der Waals surface area contributed by atoms with E-state index in [1.54, 1.807) is 13.1 Å². The first-order chi connectivity index (χ1) is 16.6. The van der Waals surface area contributed by atoms with Crippen molar-refractivity contribution in [2.24, 2.45) is 17.6 Å². The first-order valence-corrected chi connectivity index (χ1v) is 12.0. The van der Waals surface area contributed by atoms with E-state index in [0.717, 1.165) is 16.5 Å². The Hall–Kier alpha value is -3.40. The zero-order chi connectivity index (χ0) is 26.1. The average molecular weight is 488 g/mol. The Morgan fingerprint density at radius 1 is 0.971 bits per heavy atom. The summed E-state index contributed by atoms with van der Waals surface area (Å²) in [7, 11) is 0. The number of aromatic nitrogens is 1. The van der Waals surface area contributed by atoms with Crippen LogP contribution in [0.5, 0.6) is 0 Å². The van der Waals surface area contributed by atoms with Crippen LogP contribution < -0.4 is 21.7 Å². The summed E-state index contributed by atoms with van der Waals surface area (Å²) in [4.78, 5) is 53.0. The van der Waals surface area contributed by atoms with Crippen LogP contribution in [0, 0.1) is 11.8 Å². The van der Waals surface area contributed by atoms with Gasteiger partial charge in [0.15, 0.2) is 0 Å². The van der Waals surface area contributed by atoms with Crippen molar-refractivity contribution in [1.82, 2.24) is 20.9 Å². The highest BCUT2D eigenvalue weighted by Crippen LogP contribution is 2.20. The van der Waals surface area contributed by atoms with Crippen LogP contribution in [0.3, 0.4) is 0 Å². The van der Waals surface area contributed by atoms with Gasteiger partial charge >= 0.3 is 5.97 Å². The Kier molecular flexibility index (Phi) is 10.3. The molecule has 2 rings (SSSR count). The molecule has 5 unspecified atom stereocenters. The number of nitrogens with two attached hydrogens (primary N) is 1. The highest BCUT2D eigenvalue weighted by molar-refractivity contribution is 5.94. The lowest BCUT2D eigenvalue weighted by Crippen LogP contribution is -2.58. The topological polar surface area (TPSA) is 166 Å². The molecule has 10 nitrogen and oxygen atoms in total. The lowest BCUT2D eigenvalue weighted by Gasteiger charge is -2.27. The van der Waals surface area contributed by atoms with Crippen LogP contribution in [0.15, 0.2) is 30.5 Å². The maximum absolute atomic E-state index is 13.4. The molecule has 1 aromatic heterocycles. The molecule has 0 spiro atoms. The molecule has 35 heavy (non-hydrogen) atoms. The van der Waals surface area contributed by atoms with Gasteiger partial charge in [0.1, 0.15) is 18.6 Å². The normalized spacial score (nSPS) is 15.5. The minimum Gasteiger partial charge on any atom is -0.480 e. The van der Waals surface area contributed by atoms with Crippen LogP contribution in [0.2, 0.25) is 0 Å². The van der Waals surface area contributed by atoms with E-state index in [0.29, 0.717) is 12.8 Å². The predicted molar refractivity (Wildman–Crippen MR) is 133 cm³/mol. The van der Waals surface area contributed by atoms with E-state index in [1.165, 1.54) is 0 Å². The number of fused-ring (bicyclic) bond motifs is 1. The molecule has 1 heterocycles. The number of amides is 3. The largest absolute Gasteiger partial charge is 0.480 e. The summed E-state index contributed by atoms with van der Waals surface area (Å²) in [5.41, 5.74) is 7.83. The Labute approximate surface area is 205 Å². The standard InChI is InChI=1S/C25H37N5O5/c1-5-14(3)21(26)24(34)29-19(11-16-12-27-18-10-8-7-9-17(16)18)23(33)30-22(15(4)6-2)25(35)28-13-20(31)32/h7-10,12,14-15,19,21-22,27H,5-6,11,13,26H2,1-4H3,(H,28,35)(H,29,34)(H,30,33)(H,31,32). The number of carboxylic acids is 1. The van der Waals surface area contributed by atoms with Crippen molar-refractivity contribution in [3.8, 4) is 0 Å². The fraction of sp³-hybridized carbons (Fsp3) is 0.520. The van der Waals surface area contributed by atoms with E-state index >= 15 is 0 Å². The number of hydrogen-bond acceptors (Lipinski definition) is 5. The van der Waals surface area contributed by atoms with Gasteiger partial charge in [-0.25, -0.2) is 0 Å². The SMILES string of the molecule is CCC(C)C(N)C(=O)NC(Cc1c[nH]c2ccccc12)C(=O)NC(C(=O)NCC(=O)O)C(C)CC. The second-order valence-electron chi connectivity index (χ2n) is 9.02. The van der Waals surface area contributed by atoms with Crippen molar-refractivity contribution in [3.05, 3.63) is 36.0 Å². The van der Waals surface area contributed by atoms with Gasteiger partial charge in [-0.05, 0) is 23.5 Å². The smallest absolute Gasteiger partial charge is 0.322 e. The molecule has 7 N–H and O–H groups in total. The van der Waals surface area contributed by atoms with Crippen LogP contribution in [0.4, 0.5) is 0 Å². The number of rotatable bonds is 13. The number of carbonyl (C=O) groups excluding carboxylic acids is 3. The molecular formula is C25H37N5O5. The zero-order valence-corrected chi connectivity index (χ0v) is 20.8. The van der Waals surface area contributed by atoms with Crippen molar-refractivity contribution in [2.75, 3.05) is 6.54 Å². The van der Waals surface area contributed by atoms with Crippen molar-refractivity contribution >= 4 is 34.6 Å². The van der Waals surface area contributed by atoms with Gasteiger partial charge in [0, 0.05) is 23.5 Å². The van der Waals surface area contributed by atoms with Gasteiger partial charge in [-0.1, -0.05) is 58.7 Å². The first kappa shape index (κ1) is 27.8. The molecule has 2 aromatic rings. The minimum absolute atomic E-state index is 0.0820. The minimum atomic E-state index is -1.18. The summed E-state index contributed by atoms with van der Waals surface area (Å²) in [5, 5.41) is 17.6. The quantitative estimate of drug-likeness (QED) is 0.249. The Morgan fingerprint density at radius 3 is 2.26 bits per heavy atom. The van der Waals surface area contributed by atoms with Crippen LogP contribution >= 0.6 is 0 Å². The Morgan fingerprint density at radius 2 is 1.63 bits per heavy atom. The highest BCUT2D eigenvalue weighted by atomic mass is 16.4. The Bertz CT molecular complexity index is 1040. The summed E-state index contributed by atoms with van der Waals surface area (Å²) in [6.07, 6.45) is 3.24. The predicted octanol–water partition coefficient (Wildman–Crippen LogP) is 1.30. The summed E-state index contributed by atoms with van der Waals surface area (Å²) in [5.74, 6) is -3.12. The van der Waals surface area contributed by atoms with E-state index in [2.05, 4.69) is 20.9 Å².